The monoisotopic (exact) mass is 932 g/mol. The summed E-state index contributed by atoms with van der Waals surface area (Å²) in [5, 5.41) is 0. The van der Waals surface area contributed by atoms with Crippen LogP contribution in [0.5, 0.6) is 5.75 Å². The summed E-state index contributed by atoms with van der Waals surface area (Å²) in [6.07, 6.45) is 24.6. The van der Waals surface area contributed by atoms with Crippen molar-refractivity contribution < 1.29 is 17.6 Å². The van der Waals surface area contributed by atoms with E-state index in [1.165, 1.54) is 126 Å². The van der Waals surface area contributed by atoms with Gasteiger partial charge in [-0.25, -0.2) is 4.98 Å². The second-order valence-corrected chi connectivity index (χ2v) is 18.8. The number of benzene rings is 4. The molecule has 7 heteroatoms. The fourth-order valence-electron chi connectivity index (χ4n) is 8.34. The van der Waals surface area contributed by atoms with Gasteiger partial charge in [-0.05, 0) is 87.6 Å². The molecule has 0 unspecified atom stereocenters. The number of nitrogens with zero attached hydrogens (tertiary/aromatic N) is 3. The average Bonchev–Trinajstić information content (AvgIpc) is 3.29. The molecule has 341 valence electrons. The summed E-state index contributed by atoms with van der Waals surface area (Å²) in [6, 6.07) is 36.0. The van der Waals surface area contributed by atoms with Crippen LogP contribution in [0.4, 0.5) is 11.4 Å². The average molecular weight is 934 g/mol. The van der Waals surface area contributed by atoms with E-state index in [1.807, 2.05) is 32.0 Å². The van der Waals surface area contributed by atoms with Crippen molar-refractivity contribution in [3.05, 3.63) is 131 Å². The molecule has 5 rings (SSSR count). The van der Waals surface area contributed by atoms with E-state index in [9.17, 15) is 0 Å². The van der Waals surface area contributed by atoms with Gasteiger partial charge < -0.3 is 4.74 Å². The van der Waals surface area contributed by atoms with E-state index in [-0.39, 0.29) is 0 Å². The molecule has 4 nitrogen and oxygen atoms in total. The van der Waals surface area contributed by atoms with Gasteiger partial charge in [-0.1, -0.05) is 201 Å². The Balaban J connectivity index is 0.00000282. The van der Waals surface area contributed by atoms with Crippen LogP contribution in [-0.4, -0.2) is 23.0 Å². The maximum absolute atomic E-state index is 6.79. The van der Waals surface area contributed by atoms with Crippen LogP contribution in [0.3, 0.4) is 0 Å². The Bertz CT molecular complexity index is 2040. The molecule has 0 bridgehead atoms. The summed E-state index contributed by atoms with van der Waals surface area (Å²) in [5.41, 5.74) is 13.2. The zero-order valence-corrected chi connectivity index (χ0v) is 41.6. The number of hydrogen-bond acceptors (Lipinski definition) is 4. The molecule has 0 radical (unpaired) electrons. The van der Waals surface area contributed by atoms with E-state index in [1.54, 1.807) is 0 Å². The molecular weight excluding hydrogens is 860 g/mol. The van der Waals surface area contributed by atoms with Crippen LogP contribution >= 0.6 is 20.3 Å². The first-order valence-electron chi connectivity index (χ1n) is 23.7. The van der Waals surface area contributed by atoms with Gasteiger partial charge in [0.15, 0.2) is 0 Å². The fourth-order valence-corrected chi connectivity index (χ4v) is 8.34. The Kier molecular flexibility index (Phi) is 25.0. The van der Waals surface area contributed by atoms with Crippen LogP contribution in [0, 0.1) is 20.8 Å². The molecule has 0 spiro atoms. The first kappa shape index (κ1) is 51.9. The van der Waals surface area contributed by atoms with E-state index >= 15 is 0 Å². The first-order valence-corrected chi connectivity index (χ1v) is 26.5. The quantitative estimate of drug-likeness (QED) is 0.0410. The second-order valence-electron chi connectivity index (χ2n) is 17.1. The zero-order chi connectivity index (χ0) is 45.1. The minimum atomic E-state index is 0.382. The van der Waals surface area contributed by atoms with Crippen LogP contribution < -0.4 is 4.74 Å². The van der Waals surface area contributed by atoms with Crippen LogP contribution in [0.15, 0.2) is 113 Å². The van der Waals surface area contributed by atoms with Crippen LogP contribution in [-0.2, 0) is 12.9 Å². The Labute approximate surface area is 396 Å². The van der Waals surface area contributed by atoms with Crippen molar-refractivity contribution in [2.75, 3.05) is 6.61 Å². The predicted octanol–water partition coefficient (Wildman–Crippen LogP) is 18.4. The molecule has 5 aromatic rings. The maximum atomic E-state index is 6.79. The number of aromatic nitrogens is 1. The fraction of sp³-hybridized carbons (Fsp3) is 0.446. The van der Waals surface area contributed by atoms with Crippen molar-refractivity contribution in [1.82, 2.24) is 4.98 Å². The van der Waals surface area contributed by atoms with Gasteiger partial charge in [-0.3, -0.25) is 9.98 Å². The van der Waals surface area contributed by atoms with Gasteiger partial charge in [0.2, 0.25) is 0 Å². The Morgan fingerprint density at radius 2 is 0.921 bits per heavy atom. The number of aliphatic imine (C=N–C) groups is 2. The number of rotatable bonds is 26. The molecule has 0 aliphatic carbocycles. The van der Waals surface area contributed by atoms with Crippen LogP contribution in [0.2, 0.25) is 0 Å². The van der Waals surface area contributed by atoms with Gasteiger partial charge >= 0.3 is 33.2 Å². The third kappa shape index (κ3) is 18.7. The van der Waals surface area contributed by atoms with Gasteiger partial charge in [0.25, 0.3) is 0 Å². The van der Waals surface area contributed by atoms with E-state index in [0.717, 1.165) is 68.6 Å². The third-order valence-corrected chi connectivity index (χ3v) is 11.7. The number of hydrogen-bond donors (Lipinski definition) is 0. The summed E-state index contributed by atoms with van der Waals surface area (Å²) in [6.45, 7) is 13.4. The summed E-state index contributed by atoms with van der Waals surface area (Å²) in [4.78, 5) is 15.3. The topological polar surface area (TPSA) is 46.8 Å². The molecule has 0 aliphatic rings. The molecule has 0 amide bonds. The number of pyridine rings is 1. The Hall–Kier alpha value is -3.74. The number of ether oxygens (including phenoxy) is 1. The Morgan fingerprint density at radius 3 is 1.35 bits per heavy atom. The molecule has 0 fully saturated rings. The van der Waals surface area contributed by atoms with Crippen molar-refractivity contribution in [3.8, 4) is 28.0 Å². The van der Waals surface area contributed by atoms with Crippen molar-refractivity contribution in [1.29, 1.82) is 0 Å². The number of halogens is 2. The normalized spacial score (nSPS) is 11.7. The first-order chi connectivity index (χ1) is 30.7. The summed E-state index contributed by atoms with van der Waals surface area (Å²) >= 11 is 0.382. The van der Waals surface area contributed by atoms with E-state index < -0.39 is 0 Å². The van der Waals surface area contributed by atoms with Crippen LogP contribution in [0.1, 0.15) is 164 Å². The SMILES string of the molecule is CCCCCCCCCCCCCCCCCCCCOc1c(-c2ccccc2)cc(N=C(C)c2cccc(C(C)=Nc3c(C)cc(C)cc3C)n2)cc1-c1ccccc1.[Cl][Co][Cl]. The van der Waals surface area contributed by atoms with Crippen molar-refractivity contribution in [3.63, 3.8) is 0 Å². The molecule has 0 saturated heterocycles. The van der Waals surface area contributed by atoms with E-state index in [0.29, 0.717) is 19.5 Å². The standard InChI is InChI=1S/C56H73N3O.2ClH.Co/c1-7-8-9-10-11-12-13-14-15-16-17-18-19-20-21-22-23-30-38-60-56-51(48-32-26-24-27-33-48)41-50(42-52(56)49-34-28-25-29-35-49)57-46(5)53-36-31-37-54(59-53)47(6)58-55-44(3)39-43(2)40-45(55)4;;;/h24-29,31-37,39-42H,7-23,30,38H2,1-6H3;2*1H;/q;;;+2/p-2. The van der Waals surface area contributed by atoms with Gasteiger partial charge in [0, 0.05) is 11.1 Å². The van der Waals surface area contributed by atoms with Gasteiger partial charge in [-0.15, -0.1) is 0 Å². The minimum absolute atomic E-state index is 0.382. The summed E-state index contributed by atoms with van der Waals surface area (Å²) in [5.74, 6) is 0.921. The summed E-state index contributed by atoms with van der Waals surface area (Å²) < 4.78 is 6.79. The van der Waals surface area contributed by atoms with E-state index in [2.05, 4.69) is 113 Å². The Morgan fingerprint density at radius 1 is 0.524 bits per heavy atom. The second kappa shape index (κ2) is 30.4. The van der Waals surface area contributed by atoms with E-state index in [4.69, 9.17) is 40.0 Å². The molecular formula is C56H73Cl2CoN3O. The van der Waals surface area contributed by atoms with Gasteiger partial charge in [0.05, 0.1) is 40.8 Å². The third-order valence-electron chi connectivity index (χ3n) is 11.7. The number of aryl methyl sites for hydroxylation is 3. The predicted molar refractivity (Wildman–Crippen MR) is 272 cm³/mol. The molecule has 1 aromatic heterocycles. The van der Waals surface area contributed by atoms with Gasteiger partial charge in [0.1, 0.15) is 5.75 Å². The number of unbranched alkanes of at least 4 members (excludes halogenated alkanes) is 17. The molecule has 0 atom stereocenters. The summed E-state index contributed by atoms with van der Waals surface area (Å²) in [7, 11) is 9.47. The zero-order valence-electron chi connectivity index (χ0n) is 39.1. The molecule has 1 heterocycles. The van der Waals surface area contributed by atoms with Crippen molar-refractivity contribution in [2.45, 2.75) is 157 Å². The van der Waals surface area contributed by atoms with Crippen LogP contribution in [0.25, 0.3) is 22.3 Å². The molecule has 4 aromatic carbocycles. The molecule has 0 saturated carbocycles. The molecule has 0 N–H and O–H groups in total. The molecule has 63 heavy (non-hydrogen) atoms. The van der Waals surface area contributed by atoms with Gasteiger partial charge in [-0.2, -0.15) is 0 Å². The van der Waals surface area contributed by atoms with Crippen molar-refractivity contribution in [2.24, 2.45) is 9.98 Å². The van der Waals surface area contributed by atoms with Crippen molar-refractivity contribution >= 4 is 43.1 Å². The molecule has 0 aliphatic heterocycles.